The van der Waals surface area contributed by atoms with Gasteiger partial charge in [-0.25, -0.2) is 0 Å². The van der Waals surface area contributed by atoms with Crippen LogP contribution in [0.15, 0.2) is 42.5 Å². The highest BCUT2D eigenvalue weighted by atomic mass is 16.3. The van der Waals surface area contributed by atoms with Crippen LogP contribution < -0.4 is 0 Å². The average molecular weight is 188 g/mol. The lowest BCUT2D eigenvalue weighted by molar-refractivity contribution is 0.0458. The molecule has 0 unspecified atom stereocenters. The maximum atomic E-state index is 9.95. The Hall–Kier alpha value is -1.08. The minimum absolute atomic E-state index is 0.375. The van der Waals surface area contributed by atoms with Crippen molar-refractivity contribution in [1.29, 1.82) is 0 Å². The number of rotatable bonds is 1. The van der Waals surface area contributed by atoms with Gasteiger partial charge in [-0.1, -0.05) is 42.5 Å². The lowest BCUT2D eigenvalue weighted by Crippen LogP contribution is -2.28. The van der Waals surface area contributed by atoms with Crippen molar-refractivity contribution in [1.82, 2.24) is 0 Å². The standard InChI is InChI=1S/C13H16O/c1-13(14)9-5-8-12(10-13)11-6-3-2-4-7-11/h2-8,12,14H,9-10H2,1H3/t12-,13+/m0/s1. The van der Waals surface area contributed by atoms with Gasteiger partial charge in [0, 0.05) is 5.92 Å². The quantitative estimate of drug-likeness (QED) is 0.672. The number of benzene rings is 1. The van der Waals surface area contributed by atoms with Crippen LogP contribution in [0.3, 0.4) is 0 Å². The van der Waals surface area contributed by atoms with E-state index in [1.165, 1.54) is 5.56 Å². The van der Waals surface area contributed by atoms with Gasteiger partial charge in [0.2, 0.25) is 0 Å². The molecule has 74 valence electrons. The van der Waals surface area contributed by atoms with Crippen molar-refractivity contribution in [2.24, 2.45) is 0 Å². The van der Waals surface area contributed by atoms with Crippen LogP contribution in [0.25, 0.3) is 0 Å². The van der Waals surface area contributed by atoms with Crippen molar-refractivity contribution in [2.75, 3.05) is 0 Å². The highest BCUT2D eigenvalue weighted by Crippen LogP contribution is 2.33. The van der Waals surface area contributed by atoms with Gasteiger partial charge >= 0.3 is 0 Å². The predicted octanol–water partition coefficient (Wildman–Crippen LogP) is 2.87. The van der Waals surface area contributed by atoms with Gasteiger partial charge in [0.25, 0.3) is 0 Å². The highest BCUT2D eigenvalue weighted by molar-refractivity contribution is 5.26. The Morgan fingerprint density at radius 3 is 2.64 bits per heavy atom. The molecule has 1 aliphatic rings. The third kappa shape index (κ3) is 2.05. The van der Waals surface area contributed by atoms with Gasteiger partial charge in [0.05, 0.1) is 5.60 Å². The first-order valence-electron chi connectivity index (χ1n) is 5.11. The van der Waals surface area contributed by atoms with Gasteiger partial charge in [0.15, 0.2) is 0 Å². The Balaban J connectivity index is 2.21. The van der Waals surface area contributed by atoms with Gasteiger partial charge in [-0.2, -0.15) is 0 Å². The molecular formula is C13H16O. The second-order valence-corrected chi connectivity index (χ2v) is 4.35. The predicted molar refractivity (Wildman–Crippen MR) is 58.2 cm³/mol. The molecule has 0 saturated heterocycles. The van der Waals surface area contributed by atoms with Gasteiger partial charge in [-0.3, -0.25) is 0 Å². The molecule has 1 heteroatoms. The molecule has 1 aromatic rings. The minimum atomic E-state index is -0.532. The van der Waals surface area contributed by atoms with Crippen LogP contribution in [0.2, 0.25) is 0 Å². The van der Waals surface area contributed by atoms with Crippen LogP contribution in [-0.4, -0.2) is 10.7 Å². The van der Waals surface area contributed by atoms with Crippen molar-refractivity contribution in [2.45, 2.75) is 31.3 Å². The monoisotopic (exact) mass is 188 g/mol. The van der Waals surface area contributed by atoms with Crippen molar-refractivity contribution in [3.63, 3.8) is 0 Å². The first-order valence-corrected chi connectivity index (χ1v) is 5.11. The van der Waals surface area contributed by atoms with Crippen LogP contribution in [-0.2, 0) is 0 Å². The molecule has 0 spiro atoms. The molecule has 0 amide bonds. The number of aliphatic hydroxyl groups is 1. The maximum absolute atomic E-state index is 9.95. The van der Waals surface area contributed by atoms with E-state index in [9.17, 15) is 5.11 Å². The summed E-state index contributed by atoms with van der Waals surface area (Å²) < 4.78 is 0. The largest absolute Gasteiger partial charge is 0.390 e. The number of hydrogen-bond donors (Lipinski definition) is 1. The second kappa shape index (κ2) is 3.58. The van der Waals surface area contributed by atoms with E-state index >= 15 is 0 Å². The highest BCUT2D eigenvalue weighted by Gasteiger charge is 2.26. The molecule has 1 nitrogen and oxygen atoms in total. The van der Waals surface area contributed by atoms with Crippen molar-refractivity contribution < 1.29 is 5.11 Å². The Kier molecular flexibility index (Phi) is 2.42. The molecule has 14 heavy (non-hydrogen) atoms. The summed E-state index contributed by atoms with van der Waals surface area (Å²) in [6.45, 7) is 1.91. The van der Waals surface area contributed by atoms with Gasteiger partial charge < -0.3 is 5.11 Å². The molecule has 1 aromatic carbocycles. The van der Waals surface area contributed by atoms with E-state index in [-0.39, 0.29) is 0 Å². The second-order valence-electron chi connectivity index (χ2n) is 4.35. The van der Waals surface area contributed by atoms with E-state index in [1.54, 1.807) is 0 Å². The van der Waals surface area contributed by atoms with Crippen LogP contribution in [0.5, 0.6) is 0 Å². The summed E-state index contributed by atoms with van der Waals surface area (Å²) in [6, 6.07) is 10.4. The fourth-order valence-electron chi connectivity index (χ4n) is 2.04. The first-order chi connectivity index (χ1) is 6.67. The third-order valence-corrected chi connectivity index (χ3v) is 2.81. The fraction of sp³-hybridized carbons (Fsp3) is 0.385. The van der Waals surface area contributed by atoms with E-state index in [0.717, 1.165) is 12.8 Å². The van der Waals surface area contributed by atoms with E-state index in [0.29, 0.717) is 5.92 Å². The van der Waals surface area contributed by atoms with Crippen LogP contribution in [0.1, 0.15) is 31.2 Å². The number of hydrogen-bond acceptors (Lipinski definition) is 1. The summed E-state index contributed by atoms with van der Waals surface area (Å²) in [5.41, 5.74) is 0.763. The topological polar surface area (TPSA) is 20.2 Å². The molecular weight excluding hydrogens is 172 g/mol. The van der Waals surface area contributed by atoms with E-state index in [4.69, 9.17) is 0 Å². The van der Waals surface area contributed by atoms with E-state index in [1.807, 2.05) is 25.1 Å². The normalized spacial score (nSPS) is 31.7. The van der Waals surface area contributed by atoms with Gasteiger partial charge in [-0.05, 0) is 25.3 Å². The summed E-state index contributed by atoms with van der Waals surface area (Å²) >= 11 is 0. The van der Waals surface area contributed by atoms with Crippen LogP contribution >= 0.6 is 0 Å². The molecule has 0 radical (unpaired) electrons. The lowest BCUT2D eigenvalue weighted by atomic mass is 9.81. The van der Waals surface area contributed by atoms with Gasteiger partial charge in [-0.15, -0.1) is 0 Å². The molecule has 0 fully saturated rings. The summed E-state index contributed by atoms with van der Waals surface area (Å²) in [4.78, 5) is 0. The fourth-order valence-corrected chi connectivity index (χ4v) is 2.04. The zero-order chi connectivity index (χ0) is 10.0. The van der Waals surface area contributed by atoms with E-state index in [2.05, 4.69) is 24.3 Å². The zero-order valence-electron chi connectivity index (χ0n) is 8.48. The molecule has 2 atom stereocenters. The Morgan fingerprint density at radius 1 is 1.29 bits per heavy atom. The average Bonchev–Trinajstić information content (AvgIpc) is 2.18. The van der Waals surface area contributed by atoms with Crippen LogP contribution in [0, 0.1) is 0 Å². The Labute approximate surface area is 85.1 Å². The molecule has 1 aliphatic carbocycles. The molecule has 1 N–H and O–H groups in total. The molecule has 0 aromatic heterocycles. The molecule has 0 heterocycles. The summed E-state index contributed by atoms with van der Waals surface area (Å²) in [5.74, 6) is 0.375. The van der Waals surface area contributed by atoms with Crippen LogP contribution in [0.4, 0.5) is 0 Å². The van der Waals surface area contributed by atoms with Crippen molar-refractivity contribution in [3.8, 4) is 0 Å². The molecule has 2 rings (SSSR count). The minimum Gasteiger partial charge on any atom is -0.390 e. The maximum Gasteiger partial charge on any atom is 0.0662 e. The van der Waals surface area contributed by atoms with Gasteiger partial charge in [0.1, 0.15) is 0 Å². The smallest absolute Gasteiger partial charge is 0.0662 e. The van der Waals surface area contributed by atoms with Crippen molar-refractivity contribution in [3.05, 3.63) is 48.0 Å². The van der Waals surface area contributed by atoms with Crippen molar-refractivity contribution >= 4 is 0 Å². The Bertz CT molecular complexity index is 324. The zero-order valence-corrected chi connectivity index (χ0v) is 8.48. The first kappa shape index (κ1) is 9.47. The summed E-state index contributed by atoms with van der Waals surface area (Å²) in [6.07, 6.45) is 5.89. The Morgan fingerprint density at radius 2 is 2.00 bits per heavy atom. The summed E-state index contributed by atoms with van der Waals surface area (Å²) in [5, 5.41) is 9.95. The number of allylic oxidation sites excluding steroid dienone is 1. The third-order valence-electron chi connectivity index (χ3n) is 2.81. The summed E-state index contributed by atoms with van der Waals surface area (Å²) in [7, 11) is 0. The lowest BCUT2D eigenvalue weighted by Gasteiger charge is -2.30. The molecule has 0 saturated carbocycles. The molecule has 0 aliphatic heterocycles. The van der Waals surface area contributed by atoms with E-state index < -0.39 is 5.60 Å². The molecule has 0 bridgehead atoms. The SMILES string of the molecule is C[C@@]1(O)CC=C[C@H](c2ccccc2)C1.